The first-order valence-corrected chi connectivity index (χ1v) is 5.58. The van der Waals surface area contributed by atoms with Crippen LogP contribution in [0.2, 0.25) is 0 Å². The number of aromatic nitrogens is 3. The van der Waals surface area contributed by atoms with Crippen LogP contribution in [0.4, 0.5) is 11.4 Å². The van der Waals surface area contributed by atoms with Crippen LogP contribution in [0.25, 0.3) is 0 Å². The first-order chi connectivity index (χ1) is 8.75. The highest BCUT2D eigenvalue weighted by Crippen LogP contribution is 2.15. The van der Waals surface area contributed by atoms with Gasteiger partial charge in [-0.05, 0) is 18.6 Å². The molecule has 7 heteroatoms. The molecule has 0 unspecified atom stereocenters. The second kappa shape index (κ2) is 5.76. The van der Waals surface area contributed by atoms with Crippen LogP contribution < -0.4 is 5.32 Å². The molecule has 0 fully saturated rings. The summed E-state index contributed by atoms with van der Waals surface area (Å²) >= 11 is 0. The van der Waals surface area contributed by atoms with Crippen molar-refractivity contribution in [1.82, 2.24) is 15.2 Å². The standard InChI is InChI=1S/C11H13N5O2/c17-16(18)10-5-3-9(4-6-10)12-7-1-2-11-13-8-14-15-11/h3-6,8,12H,1-2,7H2,(H,13,14,15). The van der Waals surface area contributed by atoms with E-state index in [1.807, 2.05) is 0 Å². The molecule has 0 saturated carbocycles. The third-order valence-corrected chi connectivity index (χ3v) is 2.46. The number of aromatic amines is 1. The monoisotopic (exact) mass is 247 g/mol. The second-order valence-corrected chi connectivity index (χ2v) is 3.77. The molecule has 0 radical (unpaired) electrons. The molecule has 0 spiro atoms. The Kier molecular flexibility index (Phi) is 3.85. The molecule has 0 aliphatic heterocycles. The number of anilines is 1. The van der Waals surface area contributed by atoms with Crippen molar-refractivity contribution in [3.63, 3.8) is 0 Å². The van der Waals surface area contributed by atoms with E-state index in [4.69, 9.17) is 0 Å². The van der Waals surface area contributed by atoms with E-state index in [9.17, 15) is 10.1 Å². The van der Waals surface area contributed by atoms with Crippen molar-refractivity contribution in [2.24, 2.45) is 0 Å². The third-order valence-electron chi connectivity index (χ3n) is 2.46. The molecule has 0 aliphatic rings. The van der Waals surface area contributed by atoms with Crippen LogP contribution in [0.3, 0.4) is 0 Å². The van der Waals surface area contributed by atoms with Gasteiger partial charge in [-0.1, -0.05) is 0 Å². The summed E-state index contributed by atoms with van der Waals surface area (Å²) < 4.78 is 0. The Labute approximate surface area is 103 Å². The zero-order chi connectivity index (χ0) is 12.8. The first kappa shape index (κ1) is 12.0. The molecule has 0 bridgehead atoms. The van der Waals surface area contributed by atoms with E-state index in [0.29, 0.717) is 0 Å². The van der Waals surface area contributed by atoms with Gasteiger partial charge in [0.05, 0.1) is 4.92 Å². The van der Waals surface area contributed by atoms with Gasteiger partial charge in [0.25, 0.3) is 5.69 Å². The number of nitro groups is 1. The van der Waals surface area contributed by atoms with Gasteiger partial charge in [-0.3, -0.25) is 15.2 Å². The molecule has 2 aromatic rings. The van der Waals surface area contributed by atoms with E-state index in [1.54, 1.807) is 12.1 Å². The van der Waals surface area contributed by atoms with Gasteiger partial charge < -0.3 is 5.32 Å². The molecule has 0 amide bonds. The maximum Gasteiger partial charge on any atom is 0.269 e. The number of non-ortho nitro benzene ring substituents is 1. The lowest BCUT2D eigenvalue weighted by Gasteiger charge is -2.04. The molecule has 1 heterocycles. The van der Waals surface area contributed by atoms with E-state index < -0.39 is 4.92 Å². The van der Waals surface area contributed by atoms with Crippen LogP contribution in [-0.4, -0.2) is 26.6 Å². The van der Waals surface area contributed by atoms with Gasteiger partial charge in [0.15, 0.2) is 0 Å². The minimum Gasteiger partial charge on any atom is -0.385 e. The van der Waals surface area contributed by atoms with E-state index in [1.165, 1.54) is 18.5 Å². The quantitative estimate of drug-likeness (QED) is 0.460. The fourth-order valence-corrected chi connectivity index (χ4v) is 1.54. The molecule has 0 aliphatic carbocycles. The van der Waals surface area contributed by atoms with Gasteiger partial charge in [-0.15, -0.1) is 0 Å². The average molecular weight is 247 g/mol. The van der Waals surface area contributed by atoms with Crippen molar-refractivity contribution >= 4 is 11.4 Å². The Morgan fingerprint density at radius 2 is 2.11 bits per heavy atom. The predicted molar refractivity (Wildman–Crippen MR) is 66.3 cm³/mol. The van der Waals surface area contributed by atoms with Gasteiger partial charge in [0, 0.05) is 30.8 Å². The second-order valence-electron chi connectivity index (χ2n) is 3.77. The molecule has 0 saturated heterocycles. The molecule has 1 aromatic heterocycles. The molecule has 94 valence electrons. The van der Waals surface area contributed by atoms with Crippen molar-refractivity contribution < 1.29 is 4.92 Å². The van der Waals surface area contributed by atoms with Crippen LogP contribution in [-0.2, 0) is 6.42 Å². The van der Waals surface area contributed by atoms with E-state index in [-0.39, 0.29) is 5.69 Å². The zero-order valence-corrected chi connectivity index (χ0v) is 9.67. The largest absolute Gasteiger partial charge is 0.385 e. The summed E-state index contributed by atoms with van der Waals surface area (Å²) in [5.41, 5.74) is 0.973. The number of rotatable bonds is 6. The molecule has 7 nitrogen and oxygen atoms in total. The Morgan fingerprint density at radius 3 is 2.72 bits per heavy atom. The molecular formula is C11H13N5O2. The van der Waals surface area contributed by atoms with Gasteiger partial charge >= 0.3 is 0 Å². The average Bonchev–Trinajstić information content (AvgIpc) is 2.88. The number of aryl methyl sites for hydroxylation is 1. The van der Waals surface area contributed by atoms with Gasteiger partial charge in [0.1, 0.15) is 12.2 Å². The predicted octanol–water partition coefficient (Wildman–Crippen LogP) is 1.76. The summed E-state index contributed by atoms with van der Waals surface area (Å²) in [4.78, 5) is 14.1. The van der Waals surface area contributed by atoms with Gasteiger partial charge in [-0.25, -0.2) is 4.98 Å². The van der Waals surface area contributed by atoms with Gasteiger partial charge in [-0.2, -0.15) is 5.10 Å². The Hall–Kier alpha value is -2.44. The summed E-state index contributed by atoms with van der Waals surface area (Å²) in [6.45, 7) is 0.776. The Morgan fingerprint density at radius 1 is 1.33 bits per heavy atom. The molecule has 2 N–H and O–H groups in total. The highest BCUT2D eigenvalue weighted by atomic mass is 16.6. The minimum absolute atomic E-state index is 0.0993. The number of hydrogen-bond donors (Lipinski definition) is 2. The maximum absolute atomic E-state index is 10.5. The van der Waals surface area contributed by atoms with Crippen LogP contribution >= 0.6 is 0 Å². The fourth-order valence-electron chi connectivity index (χ4n) is 1.54. The number of hydrogen-bond acceptors (Lipinski definition) is 5. The molecule has 0 atom stereocenters. The van der Waals surface area contributed by atoms with E-state index in [2.05, 4.69) is 20.5 Å². The molecular weight excluding hydrogens is 234 g/mol. The lowest BCUT2D eigenvalue weighted by atomic mass is 10.2. The van der Waals surface area contributed by atoms with Gasteiger partial charge in [0.2, 0.25) is 0 Å². The van der Waals surface area contributed by atoms with Crippen molar-refractivity contribution in [2.45, 2.75) is 12.8 Å². The first-order valence-electron chi connectivity index (χ1n) is 5.58. The fraction of sp³-hybridized carbons (Fsp3) is 0.273. The van der Waals surface area contributed by atoms with E-state index in [0.717, 1.165) is 30.9 Å². The summed E-state index contributed by atoms with van der Waals surface area (Å²) in [5, 5.41) is 20.2. The highest BCUT2D eigenvalue weighted by Gasteiger charge is 2.03. The zero-order valence-electron chi connectivity index (χ0n) is 9.67. The van der Waals surface area contributed by atoms with Crippen molar-refractivity contribution in [1.29, 1.82) is 0 Å². The van der Waals surface area contributed by atoms with Crippen molar-refractivity contribution in [3.8, 4) is 0 Å². The number of nitro benzene ring substituents is 1. The van der Waals surface area contributed by atoms with Crippen LogP contribution in [0.1, 0.15) is 12.2 Å². The lowest BCUT2D eigenvalue weighted by Crippen LogP contribution is -2.03. The third kappa shape index (κ3) is 3.27. The SMILES string of the molecule is O=[N+]([O-])c1ccc(NCCCc2ncn[nH]2)cc1. The van der Waals surface area contributed by atoms with E-state index >= 15 is 0 Å². The minimum atomic E-state index is -0.409. The Bertz CT molecular complexity index is 495. The van der Waals surface area contributed by atoms with Crippen LogP contribution in [0.5, 0.6) is 0 Å². The number of nitrogens with zero attached hydrogens (tertiary/aromatic N) is 3. The maximum atomic E-state index is 10.5. The summed E-state index contributed by atoms with van der Waals surface area (Å²) in [6.07, 6.45) is 3.21. The van der Waals surface area contributed by atoms with Crippen molar-refractivity contribution in [3.05, 3.63) is 46.5 Å². The normalized spacial score (nSPS) is 10.2. The topological polar surface area (TPSA) is 96.7 Å². The lowest BCUT2D eigenvalue weighted by molar-refractivity contribution is -0.384. The molecule has 2 rings (SSSR count). The Balaban J connectivity index is 1.75. The molecule has 18 heavy (non-hydrogen) atoms. The summed E-state index contributed by atoms with van der Waals surface area (Å²) in [5.74, 6) is 0.862. The number of H-pyrrole nitrogens is 1. The summed E-state index contributed by atoms with van der Waals surface area (Å²) in [7, 11) is 0. The molecule has 1 aromatic carbocycles. The van der Waals surface area contributed by atoms with Crippen LogP contribution in [0, 0.1) is 10.1 Å². The van der Waals surface area contributed by atoms with Crippen LogP contribution in [0.15, 0.2) is 30.6 Å². The van der Waals surface area contributed by atoms with Crippen molar-refractivity contribution in [2.75, 3.05) is 11.9 Å². The summed E-state index contributed by atoms with van der Waals surface area (Å²) in [6, 6.07) is 6.37. The smallest absolute Gasteiger partial charge is 0.269 e. The number of nitrogens with one attached hydrogen (secondary N) is 2. The highest BCUT2D eigenvalue weighted by molar-refractivity contribution is 5.48. The number of benzene rings is 1.